The lowest BCUT2D eigenvalue weighted by atomic mass is 9.81. The predicted molar refractivity (Wildman–Crippen MR) is 66.4 cm³/mol. The molecule has 0 aromatic heterocycles. The molecule has 0 unspecified atom stereocenters. The van der Waals surface area contributed by atoms with Crippen molar-refractivity contribution in [1.82, 2.24) is 0 Å². The summed E-state index contributed by atoms with van der Waals surface area (Å²) in [5, 5.41) is 8.71. The molecule has 1 aliphatic rings. The van der Waals surface area contributed by atoms with Crippen molar-refractivity contribution in [3.05, 3.63) is 68.5 Å². The van der Waals surface area contributed by atoms with Gasteiger partial charge in [-0.3, -0.25) is 9.59 Å². The average molecular weight is 378 g/mol. The number of rotatable bonds is 1. The molecule has 3 rings (SSSR count). The number of aromatic carboxylic acids is 1. The highest BCUT2D eigenvalue weighted by Gasteiger charge is 2.44. The van der Waals surface area contributed by atoms with E-state index < -0.39 is 86.1 Å². The standard InChI is InChI=1S/C15HF7O4/c16-6-1-2(7(17)10(20)5(6)15(25)26)14(24)4-3(13(1)23)8(18)11(21)12(22)9(4)19/h(H,25,26). The van der Waals surface area contributed by atoms with E-state index in [0.29, 0.717) is 0 Å². The van der Waals surface area contributed by atoms with Gasteiger partial charge in [0.1, 0.15) is 5.56 Å². The highest BCUT2D eigenvalue weighted by Crippen LogP contribution is 2.37. The Morgan fingerprint density at radius 1 is 0.538 bits per heavy atom. The Labute approximate surface area is 137 Å². The fourth-order valence-corrected chi connectivity index (χ4v) is 2.58. The molecule has 0 atom stereocenters. The van der Waals surface area contributed by atoms with Crippen molar-refractivity contribution in [3.8, 4) is 0 Å². The van der Waals surface area contributed by atoms with E-state index in [2.05, 4.69) is 0 Å². The Hall–Kier alpha value is -3.24. The lowest BCUT2D eigenvalue weighted by Gasteiger charge is -2.21. The van der Waals surface area contributed by atoms with Crippen molar-refractivity contribution in [2.75, 3.05) is 0 Å². The monoisotopic (exact) mass is 378 g/mol. The molecule has 0 saturated heterocycles. The van der Waals surface area contributed by atoms with Gasteiger partial charge >= 0.3 is 5.97 Å². The molecule has 2 aromatic carbocycles. The highest BCUT2D eigenvalue weighted by atomic mass is 19.2. The molecule has 1 aliphatic carbocycles. The zero-order valence-electron chi connectivity index (χ0n) is 11.8. The molecule has 4 nitrogen and oxygen atoms in total. The second-order valence-electron chi connectivity index (χ2n) is 5.04. The maximum absolute atomic E-state index is 14.2. The van der Waals surface area contributed by atoms with Crippen molar-refractivity contribution < 1.29 is 50.2 Å². The minimum atomic E-state index is -2.51. The summed E-state index contributed by atoms with van der Waals surface area (Å²) < 4.78 is 96.3. The van der Waals surface area contributed by atoms with Gasteiger partial charge in [-0.15, -0.1) is 0 Å². The summed E-state index contributed by atoms with van der Waals surface area (Å²) in [6.45, 7) is 0. The number of benzene rings is 2. The number of carbonyl (C=O) groups is 3. The number of carbonyl (C=O) groups excluding carboxylic acids is 2. The maximum atomic E-state index is 14.2. The molecular formula is C15HF7O4. The van der Waals surface area contributed by atoms with Gasteiger partial charge in [-0.1, -0.05) is 0 Å². The van der Waals surface area contributed by atoms with E-state index in [0.717, 1.165) is 0 Å². The molecule has 0 aliphatic heterocycles. The van der Waals surface area contributed by atoms with E-state index in [1.165, 1.54) is 0 Å². The first-order chi connectivity index (χ1) is 12.0. The van der Waals surface area contributed by atoms with Crippen LogP contribution in [0.3, 0.4) is 0 Å². The van der Waals surface area contributed by atoms with Gasteiger partial charge in [0, 0.05) is 0 Å². The number of carboxylic acids is 1. The Kier molecular flexibility index (Phi) is 3.64. The van der Waals surface area contributed by atoms with E-state index in [1.807, 2.05) is 0 Å². The van der Waals surface area contributed by atoms with Crippen LogP contribution in [0.25, 0.3) is 0 Å². The number of hydrogen-bond acceptors (Lipinski definition) is 3. The Morgan fingerprint density at radius 3 is 1.19 bits per heavy atom. The van der Waals surface area contributed by atoms with E-state index in [1.54, 1.807) is 0 Å². The molecule has 0 radical (unpaired) electrons. The maximum Gasteiger partial charge on any atom is 0.341 e. The van der Waals surface area contributed by atoms with Crippen LogP contribution in [0.1, 0.15) is 42.2 Å². The van der Waals surface area contributed by atoms with Crippen LogP contribution in [0.5, 0.6) is 0 Å². The highest BCUT2D eigenvalue weighted by molar-refractivity contribution is 6.29. The Morgan fingerprint density at radius 2 is 0.846 bits per heavy atom. The first kappa shape index (κ1) is 17.6. The van der Waals surface area contributed by atoms with E-state index in [9.17, 15) is 45.1 Å². The fourth-order valence-electron chi connectivity index (χ4n) is 2.58. The first-order valence-corrected chi connectivity index (χ1v) is 6.41. The normalized spacial score (nSPS) is 12.9. The zero-order valence-corrected chi connectivity index (χ0v) is 11.8. The summed E-state index contributed by atoms with van der Waals surface area (Å²) in [5.74, 6) is -23.2. The van der Waals surface area contributed by atoms with Crippen LogP contribution < -0.4 is 0 Å². The molecule has 0 bridgehead atoms. The summed E-state index contributed by atoms with van der Waals surface area (Å²) in [7, 11) is 0. The molecule has 0 spiro atoms. The molecule has 1 N–H and O–H groups in total. The third-order valence-electron chi connectivity index (χ3n) is 3.71. The lowest BCUT2D eigenvalue weighted by molar-refractivity contribution is 0.0683. The molecule has 0 amide bonds. The van der Waals surface area contributed by atoms with Crippen LogP contribution >= 0.6 is 0 Å². The van der Waals surface area contributed by atoms with Crippen molar-refractivity contribution in [1.29, 1.82) is 0 Å². The van der Waals surface area contributed by atoms with Gasteiger partial charge in [0.15, 0.2) is 40.7 Å². The zero-order chi connectivity index (χ0) is 19.7. The van der Waals surface area contributed by atoms with Crippen LogP contribution in [0.4, 0.5) is 30.7 Å². The summed E-state index contributed by atoms with van der Waals surface area (Å²) in [6.07, 6.45) is 0. The molecule has 0 heterocycles. The minimum absolute atomic E-state index is 1.73. The van der Waals surface area contributed by atoms with Crippen molar-refractivity contribution in [3.63, 3.8) is 0 Å². The van der Waals surface area contributed by atoms with Crippen molar-refractivity contribution in [2.24, 2.45) is 0 Å². The number of carboxylic acid groups (broad SMARTS) is 1. The summed E-state index contributed by atoms with van der Waals surface area (Å²) >= 11 is 0. The Balaban J connectivity index is 2.54. The molecule has 2 aromatic rings. The van der Waals surface area contributed by atoms with Crippen LogP contribution in [0.2, 0.25) is 0 Å². The molecular weight excluding hydrogens is 377 g/mol. The van der Waals surface area contributed by atoms with Crippen LogP contribution in [0, 0.1) is 40.7 Å². The largest absolute Gasteiger partial charge is 0.477 e. The van der Waals surface area contributed by atoms with Crippen molar-refractivity contribution >= 4 is 17.5 Å². The third-order valence-corrected chi connectivity index (χ3v) is 3.71. The number of hydrogen-bond donors (Lipinski definition) is 1. The van der Waals surface area contributed by atoms with Gasteiger partial charge in [0.05, 0.1) is 22.3 Å². The number of fused-ring (bicyclic) bond motifs is 2. The molecule has 134 valence electrons. The number of ketones is 2. The fraction of sp³-hybridized carbons (Fsp3) is 0. The topological polar surface area (TPSA) is 71.4 Å². The van der Waals surface area contributed by atoms with Gasteiger partial charge in [-0.25, -0.2) is 35.5 Å². The quantitative estimate of drug-likeness (QED) is 0.401. The van der Waals surface area contributed by atoms with Crippen LogP contribution in [-0.4, -0.2) is 22.6 Å². The van der Waals surface area contributed by atoms with Gasteiger partial charge in [0.25, 0.3) is 0 Å². The second kappa shape index (κ2) is 5.38. The van der Waals surface area contributed by atoms with E-state index >= 15 is 0 Å². The SMILES string of the molecule is O=C(O)c1c(F)c(F)c2c(c1F)C(=O)c1c(F)c(F)c(F)c(F)c1C2=O. The van der Waals surface area contributed by atoms with Crippen LogP contribution in [-0.2, 0) is 0 Å². The van der Waals surface area contributed by atoms with Crippen LogP contribution in [0.15, 0.2) is 0 Å². The van der Waals surface area contributed by atoms with Crippen molar-refractivity contribution in [2.45, 2.75) is 0 Å². The molecule has 26 heavy (non-hydrogen) atoms. The minimum Gasteiger partial charge on any atom is -0.477 e. The lowest BCUT2D eigenvalue weighted by Crippen LogP contribution is -2.30. The smallest absolute Gasteiger partial charge is 0.341 e. The van der Waals surface area contributed by atoms with Gasteiger partial charge in [0.2, 0.25) is 11.6 Å². The predicted octanol–water partition coefficient (Wildman–Crippen LogP) is 3.13. The molecule has 11 heteroatoms. The summed E-state index contributed by atoms with van der Waals surface area (Å²) in [6, 6.07) is 0. The Bertz CT molecular complexity index is 1080. The molecule has 0 fully saturated rings. The first-order valence-electron chi connectivity index (χ1n) is 6.41. The van der Waals surface area contributed by atoms with E-state index in [-0.39, 0.29) is 0 Å². The summed E-state index contributed by atoms with van der Waals surface area (Å²) in [4.78, 5) is 35.2. The van der Waals surface area contributed by atoms with Gasteiger partial charge < -0.3 is 5.11 Å². The third kappa shape index (κ3) is 1.93. The van der Waals surface area contributed by atoms with Gasteiger partial charge in [-0.05, 0) is 0 Å². The van der Waals surface area contributed by atoms with Gasteiger partial charge in [-0.2, -0.15) is 0 Å². The number of halogens is 7. The van der Waals surface area contributed by atoms with E-state index in [4.69, 9.17) is 5.11 Å². The second-order valence-corrected chi connectivity index (χ2v) is 5.04. The molecule has 0 saturated carbocycles. The summed E-state index contributed by atoms with van der Waals surface area (Å²) in [5.41, 5.74) is -9.00. The average Bonchev–Trinajstić information content (AvgIpc) is 2.57.